The van der Waals surface area contributed by atoms with Crippen molar-refractivity contribution in [1.29, 1.82) is 0 Å². The predicted octanol–water partition coefficient (Wildman–Crippen LogP) is -3.50. The molecule has 0 aliphatic heterocycles. The standard InChI is InChI=1S/C37H59N9O12S/c1-19(2)29(39)36(57)45-26(18-59)35(56)41-22(12-8-9-13-38)32(53)46-30(20(3)4)37(58)44-25(17-47)34(55)43-24(15-27(48)49)33(54)42-23(31(52)40-16-28(50)51)14-21-10-6-5-7-11-21/h5-7,10-11,19-20,22-26,29-30,47,59H,8-9,12-18,38-39H2,1-4H3,(H,40,52)(H,41,56)(H,42,54)(H,43,55)(H,44,58)(H,45,57)(H,46,53)(H,48,49)(H,50,51). The summed E-state index contributed by atoms with van der Waals surface area (Å²) in [5.41, 5.74) is 12.1. The Morgan fingerprint density at radius 1 is 0.627 bits per heavy atom. The molecule has 0 saturated carbocycles. The van der Waals surface area contributed by atoms with Crippen LogP contribution in [0.25, 0.3) is 0 Å². The molecular weight excluding hydrogens is 795 g/mol. The summed E-state index contributed by atoms with van der Waals surface area (Å²) in [6.07, 6.45) is -0.171. The van der Waals surface area contributed by atoms with Gasteiger partial charge in [-0.15, -0.1) is 0 Å². The first-order valence-electron chi connectivity index (χ1n) is 19.0. The third kappa shape index (κ3) is 18.9. The smallest absolute Gasteiger partial charge is 0.322 e. The van der Waals surface area contributed by atoms with Crippen molar-refractivity contribution in [2.75, 3.05) is 25.4 Å². The molecule has 330 valence electrons. The number of benzene rings is 1. The van der Waals surface area contributed by atoms with Gasteiger partial charge in [0.15, 0.2) is 0 Å². The van der Waals surface area contributed by atoms with Gasteiger partial charge in [-0.25, -0.2) is 0 Å². The average molecular weight is 854 g/mol. The highest BCUT2D eigenvalue weighted by Gasteiger charge is 2.35. The van der Waals surface area contributed by atoms with Gasteiger partial charge in [0.2, 0.25) is 41.4 Å². The van der Waals surface area contributed by atoms with Crippen molar-refractivity contribution in [1.82, 2.24) is 37.2 Å². The Bertz CT molecular complexity index is 1600. The SMILES string of the molecule is CC(C)C(N)C(=O)NC(CS)C(=O)NC(CCCCN)C(=O)NC(C(=O)NC(CO)C(=O)NC(CC(=O)O)C(=O)NC(Cc1ccccc1)C(=O)NCC(=O)O)C(C)C. The monoisotopic (exact) mass is 853 g/mol. The van der Waals surface area contributed by atoms with E-state index in [1.165, 1.54) is 0 Å². The predicted molar refractivity (Wildman–Crippen MR) is 216 cm³/mol. The van der Waals surface area contributed by atoms with E-state index in [9.17, 15) is 53.4 Å². The van der Waals surface area contributed by atoms with Gasteiger partial charge in [-0.05, 0) is 43.2 Å². The van der Waals surface area contributed by atoms with Crippen molar-refractivity contribution >= 4 is 65.9 Å². The van der Waals surface area contributed by atoms with Gasteiger partial charge in [0.05, 0.1) is 19.1 Å². The Morgan fingerprint density at radius 2 is 1.15 bits per heavy atom. The molecule has 0 aliphatic rings. The van der Waals surface area contributed by atoms with Crippen LogP contribution < -0.4 is 48.7 Å². The topological polar surface area (TPSA) is 351 Å². The van der Waals surface area contributed by atoms with Crippen molar-refractivity contribution in [2.45, 2.75) is 102 Å². The summed E-state index contributed by atoms with van der Waals surface area (Å²) < 4.78 is 0. The van der Waals surface area contributed by atoms with Crippen LogP contribution in [-0.4, -0.2) is 136 Å². The first-order valence-corrected chi connectivity index (χ1v) is 19.6. The summed E-state index contributed by atoms with van der Waals surface area (Å²) in [5.74, 6) is -10.3. The first kappa shape index (κ1) is 51.7. The largest absolute Gasteiger partial charge is 0.481 e. The fourth-order valence-corrected chi connectivity index (χ4v) is 5.57. The molecule has 7 unspecified atom stereocenters. The Hall–Kier alpha value is -5.32. The van der Waals surface area contributed by atoms with Crippen LogP contribution in [0.2, 0.25) is 0 Å². The van der Waals surface area contributed by atoms with Gasteiger partial charge in [-0.2, -0.15) is 12.6 Å². The van der Waals surface area contributed by atoms with E-state index in [1.807, 2.05) is 0 Å². The quantitative estimate of drug-likeness (QED) is 0.0302. The molecule has 1 aromatic carbocycles. The molecule has 0 fully saturated rings. The maximum atomic E-state index is 13.6. The summed E-state index contributed by atoms with van der Waals surface area (Å²) in [4.78, 5) is 115. The third-order valence-corrected chi connectivity index (χ3v) is 9.19. The Kier molecular flexibility index (Phi) is 23.3. The van der Waals surface area contributed by atoms with E-state index in [4.69, 9.17) is 16.6 Å². The van der Waals surface area contributed by atoms with Gasteiger partial charge < -0.3 is 64.0 Å². The number of carbonyl (C=O) groups excluding carboxylic acids is 7. The molecular formula is C37H59N9O12S. The molecule has 0 aromatic heterocycles. The van der Waals surface area contributed by atoms with Crippen LogP contribution in [-0.2, 0) is 49.6 Å². The zero-order chi connectivity index (χ0) is 44.8. The maximum absolute atomic E-state index is 13.6. The van der Waals surface area contributed by atoms with E-state index < -0.39 is 121 Å². The van der Waals surface area contributed by atoms with Crippen LogP contribution in [0.1, 0.15) is 58.9 Å². The molecule has 0 saturated heterocycles. The van der Waals surface area contributed by atoms with Crippen molar-refractivity contribution in [3.05, 3.63) is 35.9 Å². The zero-order valence-electron chi connectivity index (χ0n) is 33.6. The number of thiol groups is 1. The van der Waals surface area contributed by atoms with Crippen molar-refractivity contribution in [3.8, 4) is 0 Å². The molecule has 0 aliphatic carbocycles. The lowest BCUT2D eigenvalue weighted by atomic mass is 10.0. The molecule has 0 radical (unpaired) electrons. The highest BCUT2D eigenvalue weighted by Crippen LogP contribution is 2.09. The first-order chi connectivity index (χ1) is 27.7. The summed E-state index contributed by atoms with van der Waals surface area (Å²) in [5, 5.41) is 45.2. The number of carboxylic acids is 2. The van der Waals surface area contributed by atoms with Gasteiger partial charge in [-0.1, -0.05) is 58.0 Å². The molecule has 1 aromatic rings. The molecule has 7 atom stereocenters. The summed E-state index contributed by atoms with van der Waals surface area (Å²) in [6, 6.07) is -1.40. The number of aliphatic carboxylic acids is 2. The lowest BCUT2D eigenvalue weighted by molar-refractivity contribution is -0.142. The number of nitrogens with two attached hydrogens (primary N) is 2. The van der Waals surface area contributed by atoms with E-state index in [-0.39, 0.29) is 31.1 Å². The van der Waals surface area contributed by atoms with Gasteiger partial charge in [-0.3, -0.25) is 43.2 Å². The normalized spacial score (nSPS) is 14.6. The fourth-order valence-electron chi connectivity index (χ4n) is 5.32. The Balaban J connectivity index is 3.20. The number of aliphatic hydroxyl groups is 1. The molecule has 0 bridgehead atoms. The van der Waals surface area contributed by atoms with E-state index >= 15 is 0 Å². The molecule has 22 heteroatoms. The number of hydrogen-bond acceptors (Lipinski definition) is 13. The number of carboxylic acid groups (broad SMARTS) is 2. The van der Waals surface area contributed by atoms with Gasteiger partial charge in [0, 0.05) is 12.2 Å². The summed E-state index contributed by atoms with van der Waals surface area (Å²) in [6.45, 7) is 5.06. The van der Waals surface area contributed by atoms with Crippen molar-refractivity contribution < 1.29 is 58.5 Å². The third-order valence-electron chi connectivity index (χ3n) is 8.82. The average Bonchev–Trinajstić information content (AvgIpc) is 3.18. The molecule has 21 nitrogen and oxygen atoms in total. The Morgan fingerprint density at radius 3 is 1.68 bits per heavy atom. The number of hydrogen-bond donors (Lipinski definition) is 13. The van der Waals surface area contributed by atoms with E-state index in [1.54, 1.807) is 58.0 Å². The number of nitrogens with one attached hydrogen (secondary N) is 7. The van der Waals surface area contributed by atoms with E-state index in [0.717, 1.165) is 0 Å². The lowest BCUT2D eigenvalue weighted by Gasteiger charge is -2.28. The van der Waals surface area contributed by atoms with E-state index in [0.29, 0.717) is 18.4 Å². The number of unbranched alkanes of at least 4 members (excludes halogenated alkanes) is 1. The summed E-state index contributed by atoms with van der Waals surface area (Å²) >= 11 is 4.15. The molecule has 0 spiro atoms. The van der Waals surface area contributed by atoms with Gasteiger partial charge in [0.25, 0.3) is 0 Å². The molecule has 1 rings (SSSR count). The second-order valence-electron chi connectivity index (χ2n) is 14.4. The van der Waals surface area contributed by atoms with Crippen molar-refractivity contribution in [2.24, 2.45) is 23.3 Å². The number of rotatable bonds is 27. The van der Waals surface area contributed by atoms with Crippen LogP contribution >= 0.6 is 12.6 Å². The van der Waals surface area contributed by atoms with Crippen molar-refractivity contribution in [3.63, 3.8) is 0 Å². The molecule has 0 heterocycles. The lowest BCUT2D eigenvalue weighted by Crippen LogP contribution is -2.61. The number of aliphatic hydroxyl groups excluding tert-OH is 1. The number of amides is 7. The molecule has 7 amide bonds. The molecule has 14 N–H and O–H groups in total. The van der Waals surface area contributed by atoms with Crippen LogP contribution in [0.5, 0.6) is 0 Å². The molecule has 59 heavy (non-hydrogen) atoms. The minimum absolute atomic E-state index is 0.0854. The van der Waals surface area contributed by atoms with Crippen LogP contribution in [0.3, 0.4) is 0 Å². The zero-order valence-corrected chi connectivity index (χ0v) is 34.5. The minimum Gasteiger partial charge on any atom is -0.481 e. The minimum atomic E-state index is -1.85. The van der Waals surface area contributed by atoms with Gasteiger partial charge >= 0.3 is 11.9 Å². The van der Waals surface area contributed by atoms with Crippen LogP contribution in [0.15, 0.2) is 30.3 Å². The summed E-state index contributed by atoms with van der Waals surface area (Å²) in [7, 11) is 0. The van der Waals surface area contributed by atoms with E-state index in [2.05, 4.69) is 49.8 Å². The Labute approximate surface area is 347 Å². The maximum Gasteiger partial charge on any atom is 0.322 e. The number of carbonyl (C=O) groups is 9. The van der Waals surface area contributed by atoms with Crippen LogP contribution in [0, 0.1) is 11.8 Å². The second kappa shape index (κ2) is 26.6. The highest BCUT2D eigenvalue weighted by atomic mass is 32.1. The fraction of sp³-hybridized carbons (Fsp3) is 0.595. The highest BCUT2D eigenvalue weighted by molar-refractivity contribution is 7.80. The van der Waals surface area contributed by atoms with Gasteiger partial charge in [0.1, 0.15) is 42.8 Å². The second-order valence-corrected chi connectivity index (χ2v) is 14.7. The van der Waals surface area contributed by atoms with Crippen LogP contribution in [0.4, 0.5) is 0 Å².